The summed E-state index contributed by atoms with van der Waals surface area (Å²) in [6.45, 7) is 8.99. The lowest BCUT2D eigenvalue weighted by atomic mass is 9.95. The van der Waals surface area contributed by atoms with Crippen LogP contribution in [0.15, 0.2) is 0 Å². The Labute approximate surface area is 114 Å². The molecule has 2 aliphatic rings. The fourth-order valence-corrected chi connectivity index (χ4v) is 2.74. The Hall–Kier alpha value is -1.26. The van der Waals surface area contributed by atoms with Gasteiger partial charge in [0, 0.05) is 13.1 Å². The highest BCUT2D eigenvalue weighted by Crippen LogP contribution is 2.58. The van der Waals surface area contributed by atoms with Crippen molar-refractivity contribution in [3.63, 3.8) is 0 Å². The largest absolute Gasteiger partial charge is 0.466 e. The molecule has 1 saturated heterocycles. The van der Waals surface area contributed by atoms with Gasteiger partial charge in [0.2, 0.25) is 0 Å². The summed E-state index contributed by atoms with van der Waals surface area (Å²) in [7, 11) is 0. The predicted octanol–water partition coefficient (Wildman–Crippen LogP) is 2.20. The maximum Gasteiger partial charge on any atom is 0.410 e. The lowest BCUT2D eigenvalue weighted by Crippen LogP contribution is -2.44. The highest BCUT2D eigenvalue weighted by molar-refractivity contribution is 5.81. The number of piperidine rings is 1. The molecule has 0 unspecified atom stereocenters. The summed E-state index contributed by atoms with van der Waals surface area (Å²) in [6, 6.07) is 0. The first-order valence-electron chi connectivity index (χ1n) is 6.93. The van der Waals surface area contributed by atoms with E-state index in [9.17, 15) is 9.59 Å². The molecule has 0 aromatic rings. The van der Waals surface area contributed by atoms with Crippen molar-refractivity contribution in [3.05, 3.63) is 0 Å². The average Bonchev–Trinajstić information content (AvgIpc) is 3.01. The molecule has 1 aliphatic heterocycles. The van der Waals surface area contributed by atoms with Gasteiger partial charge < -0.3 is 14.4 Å². The third-order valence-electron chi connectivity index (χ3n) is 3.83. The molecule has 0 aromatic carbocycles. The lowest BCUT2D eigenvalue weighted by Gasteiger charge is -2.32. The lowest BCUT2D eigenvalue weighted by molar-refractivity contribution is -0.151. The molecular weight excluding hydrogens is 246 g/mol. The van der Waals surface area contributed by atoms with E-state index >= 15 is 0 Å². The fourth-order valence-electron chi connectivity index (χ4n) is 2.74. The summed E-state index contributed by atoms with van der Waals surface area (Å²) < 4.78 is 10.5. The van der Waals surface area contributed by atoms with Crippen LogP contribution in [0.1, 0.15) is 40.5 Å². The molecule has 1 amide bonds. The Balaban J connectivity index is 1.90. The molecule has 0 aromatic heterocycles. The van der Waals surface area contributed by atoms with Crippen molar-refractivity contribution in [1.29, 1.82) is 0 Å². The molecule has 0 bridgehead atoms. The molecular formula is C14H23NO4. The topological polar surface area (TPSA) is 55.8 Å². The zero-order valence-electron chi connectivity index (χ0n) is 12.2. The summed E-state index contributed by atoms with van der Waals surface area (Å²) in [6.07, 6.45) is 1.25. The van der Waals surface area contributed by atoms with Crippen LogP contribution < -0.4 is 0 Å². The van der Waals surface area contributed by atoms with Crippen LogP contribution in [0.2, 0.25) is 0 Å². The quantitative estimate of drug-likeness (QED) is 0.721. The minimum atomic E-state index is -0.476. The van der Waals surface area contributed by atoms with Crippen LogP contribution in [0.3, 0.4) is 0 Å². The molecule has 2 rings (SSSR count). The van der Waals surface area contributed by atoms with Crippen molar-refractivity contribution >= 4 is 12.1 Å². The first-order chi connectivity index (χ1) is 8.78. The van der Waals surface area contributed by atoms with E-state index in [1.54, 1.807) is 4.90 Å². The first kappa shape index (κ1) is 14.2. The number of ether oxygens (including phenoxy) is 2. The number of rotatable bonds is 2. The van der Waals surface area contributed by atoms with Crippen LogP contribution >= 0.6 is 0 Å². The second kappa shape index (κ2) is 4.69. The van der Waals surface area contributed by atoms with E-state index in [1.807, 2.05) is 27.7 Å². The van der Waals surface area contributed by atoms with Gasteiger partial charge >= 0.3 is 12.1 Å². The Bertz CT molecular complexity index is 387. The number of likely N-dealkylation sites (tertiary alicyclic amines) is 1. The number of amides is 1. The van der Waals surface area contributed by atoms with Crippen molar-refractivity contribution in [2.75, 3.05) is 19.7 Å². The van der Waals surface area contributed by atoms with Crippen LogP contribution in [-0.4, -0.2) is 42.3 Å². The molecule has 108 valence electrons. The van der Waals surface area contributed by atoms with E-state index in [-0.39, 0.29) is 23.4 Å². The number of carbonyl (C=O) groups is 2. The second-order valence-electron chi connectivity index (χ2n) is 6.45. The Morgan fingerprint density at radius 3 is 2.58 bits per heavy atom. The van der Waals surface area contributed by atoms with Crippen molar-refractivity contribution in [2.45, 2.75) is 46.1 Å². The molecule has 1 heterocycles. The monoisotopic (exact) mass is 269 g/mol. The van der Waals surface area contributed by atoms with E-state index in [0.717, 1.165) is 6.42 Å². The molecule has 0 radical (unpaired) electrons. The smallest absolute Gasteiger partial charge is 0.410 e. The summed E-state index contributed by atoms with van der Waals surface area (Å²) in [5, 5.41) is 0. The van der Waals surface area contributed by atoms with Gasteiger partial charge in [0.05, 0.1) is 12.0 Å². The highest BCUT2D eigenvalue weighted by Gasteiger charge is 2.63. The van der Waals surface area contributed by atoms with Gasteiger partial charge in [-0.1, -0.05) is 0 Å². The molecule has 1 saturated carbocycles. The van der Waals surface area contributed by atoms with E-state index in [2.05, 4.69) is 0 Å². The van der Waals surface area contributed by atoms with Crippen molar-refractivity contribution in [2.24, 2.45) is 11.3 Å². The fraction of sp³-hybridized carbons (Fsp3) is 0.857. The highest BCUT2D eigenvalue weighted by atomic mass is 16.6. The standard InChI is InChI=1S/C14H23NO4/c1-5-18-11(16)14-6-7-15(9-10(14)8-14)12(17)19-13(2,3)4/h10H,5-9H2,1-4H3/t10-,14-/m1/s1. The van der Waals surface area contributed by atoms with Crippen molar-refractivity contribution < 1.29 is 19.1 Å². The van der Waals surface area contributed by atoms with Gasteiger partial charge in [-0.15, -0.1) is 0 Å². The normalized spacial score (nSPS) is 29.5. The van der Waals surface area contributed by atoms with Gasteiger partial charge in [-0.2, -0.15) is 0 Å². The number of carbonyl (C=O) groups excluding carboxylic acids is 2. The van der Waals surface area contributed by atoms with Gasteiger partial charge in [-0.25, -0.2) is 4.79 Å². The third kappa shape index (κ3) is 2.85. The average molecular weight is 269 g/mol. The molecule has 1 aliphatic carbocycles. The maximum absolute atomic E-state index is 12.0. The van der Waals surface area contributed by atoms with Gasteiger partial charge in [-0.3, -0.25) is 4.79 Å². The van der Waals surface area contributed by atoms with Crippen LogP contribution in [0.5, 0.6) is 0 Å². The molecule has 2 fully saturated rings. The predicted molar refractivity (Wildman–Crippen MR) is 69.6 cm³/mol. The Morgan fingerprint density at radius 2 is 2.05 bits per heavy atom. The molecule has 2 atom stereocenters. The summed E-state index contributed by atoms with van der Waals surface area (Å²) in [5.41, 5.74) is -0.787. The molecule has 5 nitrogen and oxygen atoms in total. The van der Waals surface area contributed by atoms with E-state index < -0.39 is 5.60 Å². The molecule has 0 spiro atoms. The van der Waals surface area contributed by atoms with E-state index in [0.29, 0.717) is 26.1 Å². The molecule has 0 N–H and O–H groups in total. The Morgan fingerprint density at radius 1 is 1.37 bits per heavy atom. The summed E-state index contributed by atoms with van der Waals surface area (Å²) >= 11 is 0. The van der Waals surface area contributed by atoms with Crippen molar-refractivity contribution in [1.82, 2.24) is 4.90 Å². The Kier molecular flexibility index (Phi) is 3.49. The SMILES string of the molecule is CCOC(=O)[C@@]12CCN(C(=O)OC(C)(C)C)C[C@H]1C2. The van der Waals surface area contributed by atoms with Crippen LogP contribution in [0.25, 0.3) is 0 Å². The summed E-state index contributed by atoms with van der Waals surface area (Å²) in [4.78, 5) is 25.6. The number of hydrogen-bond acceptors (Lipinski definition) is 4. The number of hydrogen-bond donors (Lipinski definition) is 0. The van der Waals surface area contributed by atoms with Gasteiger partial charge in [0.15, 0.2) is 0 Å². The zero-order chi connectivity index (χ0) is 14.3. The minimum absolute atomic E-state index is 0.0937. The van der Waals surface area contributed by atoms with E-state index in [4.69, 9.17) is 9.47 Å². The van der Waals surface area contributed by atoms with Crippen LogP contribution in [-0.2, 0) is 14.3 Å². The van der Waals surface area contributed by atoms with Crippen LogP contribution in [0.4, 0.5) is 4.79 Å². The minimum Gasteiger partial charge on any atom is -0.466 e. The molecule has 19 heavy (non-hydrogen) atoms. The first-order valence-corrected chi connectivity index (χ1v) is 6.93. The van der Waals surface area contributed by atoms with Gasteiger partial charge in [0.1, 0.15) is 5.60 Å². The van der Waals surface area contributed by atoms with Gasteiger partial charge in [-0.05, 0) is 46.5 Å². The van der Waals surface area contributed by atoms with Gasteiger partial charge in [0.25, 0.3) is 0 Å². The maximum atomic E-state index is 12.0. The van der Waals surface area contributed by atoms with Crippen molar-refractivity contribution in [3.8, 4) is 0 Å². The number of esters is 1. The van der Waals surface area contributed by atoms with Crippen LogP contribution in [0, 0.1) is 11.3 Å². The zero-order valence-corrected chi connectivity index (χ0v) is 12.2. The summed E-state index contributed by atoms with van der Waals surface area (Å²) in [5.74, 6) is 0.150. The second-order valence-corrected chi connectivity index (χ2v) is 6.45. The third-order valence-corrected chi connectivity index (χ3v) is 3.83. The number of fused-ring (bicyclic) bond motifs is 1. The van der Waals surface area contributed by atoms with E-state index in [1.165, 1.54) is 0 Å². The molecule has 5 heteroatoms. The number of nitrogens with zero attached hydrogens (tertiary/aromatic N) is 1.